The van der Waals surface area contributed by atoms with Crippen LogP contribution in [0.3, 0.4) is 0 Å². The number of carbonyl (C=O) groups is 2. The van der Waals surface area contributed by atoms with Crippen LogP contribution in [0, 0.1) is 5.92 Å². The fourth-order valence-corrected chi connectivity index (χ4v) is 3.80. The van der Waals surface area contributed by atoms with Crippen LogP contribution in [0.5, 0.6) is 0 Å². The van der Waals surface area contributed by atoms with Gasteiger partial charge in [0.15, 0.2) is 0 Å². The molecule has 3 heterocycles. The van der Waals surface area contributed by atoms with E-state index in [4.69, 9.17) is 0 Å². The van der Waals surface area contributed by atoms with Gasteiger partial charge in [-0.2, -0.15) is 0 Å². The van der Waals surface area contributed by atoms with E-state index >= 15 is 0 Å². The number of rotatable bonds is 4. The highest BCUT2D eigenvalue weighted by Gasteiger charge is 2.30. The summed E-state index contributed by atoms with van der Waals surface area (Å²) in [6, 6.07) is 3.84. The van der Waals surface area contributed by atoms with Gasteiger partial charge in [0.05, 0.1) is 12.3 Å². The first-order valence-corrected chi connectivity index (χ1v) is 9.42. The average molecular weight is 356 g/mol. The lowest BCUT2D eigenvalue weighted by Crippen LogP contribution is -2.43. The quantitative estimate of drug-likeness (QED) is 0.825. The van der Waals surface area contributed by atoms with Crippen molar-refractivity contribution in [1.82, 2.24) is 20.1 Å². The third-order valence-electron chi connectivity index (χ3n) is 5.10. The van der Waals surface area contributed by atoms with Crippen LogP contribution < -0.4 is 5.32 Å². The van der Waals surface area contributed by atoms with E-state index in [1.165, 1.54) is 0 Å². The van der Waals surface area contributed by atoms with E-state index in [2.05, 4.69) is 27.4 Å². The number of pyridine rings is 1. The lowest BCUT2D eigenvalue weighted by molar-refractivity contribution is -0.135. The molecular formula is C20H28N4O2. The molecule has 2 amide bonds. The van der Waals surface area contributed by atoms with Gasteiger partial charge in [-0.25, -0.2) is 0 Å². The highest BCUT2D eigenvalue weighted by molar-refractivity contribution is 5.80. The maximum Gasteiger partial charge on any atom is 0.227 e. The number of nitrogens with one attached hydrogen (secondary N) is 1. The summed E-state index contributed by atoms with van der Waals surface area (Å²) in [7, 11) is 2.03. The van der Waals surface area contributed by atoms with E-state index in [9.17, 15) is 9.59 Å². The first-order valence-electron chi connectivity index (χ1n) is 9.42. The van der Waals surface area contributed by atoms with Gasteiger partial charge >= 0.3 is 0 Å². The predicted molar refractivity (Wildman–Crippen MR) is 100 cm³/mol. The molecule has 2 aliphatic rings. The number of carbonyl (C=O) groups excluding carboxylic acids is 2. The number of hydrogen-bond acceptors (Lipinski definition) is 4. The van der Waals surface area contributed by atoms with Crippen molar-refractivity contribution in [2.75, 3.05) is 33.2 Å². The zero-order chi connectivity index (χ0) is 18.4. The number of likely N-dealkylation sites (tertiary alicyclic amines) is 1. The van der Waals surface area contributed by atoms with Crippen LogP contribution in [0.25, 0.3) is 0 Å². The monoisotopic (exact) mass is 356 g/mol. The first-order chi connectivity index (χ1) is 12.6. The first kappa shape index (κ1) is 18.6. The van der Waals surface area contributed by atoms with Crippen LogP contribution in [-0.4, -0.2) is 65.9 Å². The van der Waals surface area contributed by atoms with E-state index < -0.39 is 0 Å². The molecule has 0 unspecified atom stereocenters. The summed E-state index contributed by atoms with van der Waals surface area (Å²) in [6.07, 6.45) is 10.6. The maximum absolute atomic E-state index is 12.8. The predicted octanol–water partition coefficient (Wildman–Crippen LogP) is 1.24. The van der Waals surface area contributed by atoms with Crippen LogP contribution >= 0.6 is 0 Å². The third kappa shape index (κ3) is 5.14. The van der Waals surface area contributed by atoms with Gasteiger partial charge in [-0.05, 0) is 37.9 Å². The van der Waals surface area contributed by atoms with Crippen LogP contribution in [-0.2, 0) is 16.0 Å². The van der Waals surface area contributed by atoms with Crippen molar-refractivity contribution in [3.63, 3.8) is 0 Å². The second kappa shape index (κ2) is 8.94. The SMILES string of the molecule is CN1C[C@@H](NC(=O)Cc2cccnc2)CC[C@@H](C(=O)N2CC=CCC2)C1. The minimum atomic E-state index is 0.0161. The summed E-state index contributed by atoms with van der Waals surface area (Å²) < 4.78 is 0. The normalized spacial score (nSPS) is 24.1. The van der Waals surface area contributed by atoms with E-state index in [0.717, 1.165) is 51.0 Å². The van der Waals surface area contributed by atoms with Crippen molar-refractivity contribution in [2.45, 2.75) is 31.7 Å². The van der Waals surface area contributed by atoms with Crippen molar-refractivity contribution >= 4 is 11.8 Å². The summed E-state index contributed by atoms with van der Waals surface area (Å²) in [5.74, 6) is 0.289. The van der Waals surface area contributed by atoms with Gasteiger partial charge in [-0.15, -0.1) is 0 Å². The van der Waals surface area contributed by atoms with Gasteiger partial charge in [0, 0.05) is 44.6 Å². The Bertz CT molecular complexity index is 646. The molecule has 0 aromatic carbocycles. The fourth-order valence-electron chi connectivity index (χ4n) is 3.80. The Hall–Kier alpha value is -2.21. The topological polar surface area (TPSA) is 65.5 Å². The number of likely N-dealkylation sites (N-methyl/N-ethyl adjacent to an activating group) is 1. The molecule has 0 spiro atoms. The molecule has 1 aromatic heterocycles. The van der Waals surface area contributed by atoms with Gasteiger partial charge in [0.25, 0.3) is 0 Å². The van der Waals surface area contributed by atoms with Crippen LogP contribution in [0.4, 0.5) is 0 Å². The molecule has 1 aromatic rings. The van der Waals surface area contributed by atoms with Crippen molar-refractivity contribution in [2.24, 2.45) is 5.92 Å². The molecular weight excluding hydrogens is 328 g/mol. The van der Waals surface area contributed by atoms with E-state index in [1.54, 1.807) is 12.4 Å². The Morgan fingerprint density at radius 3 is 2.88 bits per heavy atom. The molecule has 0 saturated carbocycles. The number of aromatic nitrogens is 1. The van der Waals surface area contributed by atoms with Crippen molar-refractivity contribution in [3.05, 3.63) is 42.2 Å². The Morgan fingerprint density at radius 1 is 1.27 bits per heavy atom. The Labute approximate surface area is 155 Å². The zero-order valence-corrected chi connectivity index (χ0v) is 15.4. The summed E-state index contributed by atoms with van der Waals surface area (Å²) in [4.78, 5) is 33.3. The van der Waals surface area contributed by atoms with Gasteiger partial charge in [-0.1, -0.05) is 18.2 Å². The summed E-state index contributed by atoms with van der Waals surface area (Å²) >= 11 is 0. The second-order valence-corrected chi connectivity index (χ2v) is 7.34. The van der Waals surface area contributed by atoms with Crippen LogP contribution in [0.1, 0.15) is 24.8 Å². The molecule has 6 heteroatoms. The van der Waals surface area contributed by atoms with Crippen LogP contribution in [0.2, 0.25) is 0 Å². The molecule has 3 rings (SSSR count). The summed E-state index contributed by atoms with van der Waals surface area (Å²) in [6.45, 7) is 3.08. The van der Waals surface area contributed by atoms with E-state index in [-0.39, 0.29) is 23.8 Å². The van der Waals surface area contributed by atoms with Gasteiger partial charge in [0.1, 0.15) is 0 Å². The lowest BCUT2D eigenvalue weighted by atomic mass is 9.99. The van der Waals surface area contributed by atoms with E-state index in [0.29, 0.717) is 6.42 Å². The molecule has 1 saturated heterocycles. The third-order valence-corrected chi connectivity index (χ3v) is 5.10. The fraction of sp³-hybridized carbons (Fsp3) is 0.550. The zero-order valence-electron chi connectivity index (χ0n) is 15.4. The highest BCUT2D eigenvalue weighted by Crippen LogP contribution is 2.19. The van der Waals surface area contributed by atoms with Crippen molar-refractivity contribution in [3.8, 4) is 0 Å². The molecule has 140 valence electrons. The minimum Gasteiger partial charge on any atom is -0.352 e. The van der Waals surface area contributed by atoms with Gasteiger partial charge in [-0.3, -0.25) is 14.6 Å². The summed E-state index contributed by atoms with van der Waals surface area (Å²) in [5.41, 5.74) is 0.915. The lowest BCUT2D eigenvalue weighted by Gasteiger charge is -2.28. The maximum atomic E-state index is 12.8. The number of nitrogens with zero attached hydrogens (tertiary/aromatic N) is 3. The van der Waals surface area contributed by atoms with Gasteiger partial charge < -0.3 is 15.1 Å². The summed E-state index contributed by atoms with van der Waals surface area (Å²) in [5, 5.41) is 3.13. The number of amides is 2. The molecule has 1 N–H and O–H groups in total. The molecule has 1 fully saturated rings. The largest absolute Gasteiger partial charge is 0.352 e. The molecule has 6 nitrogen and oxygen atoms in total. The van der Waals surface area contributed by atoms with E-state index in [1.807, 2.05) is 24.1 Å². The van der Waals surface area contributed by atoms with Crippen LogP contribution in [0.15, 0.2) is 36.7 Å². The Balaban J connectivity index is 1.52. The Morgan fingerprint density at radius 2 is 2.15 bits per heavy atom. The smallest absolute Gasteiger partial charge is 0.227 e. The molecule has 0 radical (unpaired) electrons. The average Bonchev–Trinajstić information content (AvgIpc) is 2.83. The Kier molecular flexibility index (Phi) is 6.39. The highest BCUT2D eigenvalue weighted by atomic mass is 16.2. The molecule has 0 aliphatic carbocycles. The number of hydrogen-bond donors (Lipinski definition) is 1. The minimum absolute atomic E-state index is 0.0161. The standard InChI is InChI=1S/C20H28N4O2/c1-23-14-17(20(26)24-10-3-2-4-11-24)7-8-18(15-23)22-19(25)12-16-6-5-9-21-13-16/h2-3,5-6,9,13,17-18H,4,7-8,10-12,14-15H2,1H3,(H,22,25)/t17-,18+/m1/s1. The molecule has 0 bridgehead atoms. The van der Waals surface area contributed by atoms with Crippen molar-refractivity contribution in [1.29, 1.82) is 0 Å². The van der Waals surface area contributed by atoms with Crippen molar-refractivity contribution < 1.29 is 9.59 Å². The molecule has 26 heavy (non-hydrogen) atoms. The second-order valence-electron chi connectivity index (χ2n) is 7.34. The van der Waals surface area contributed by atoms with Gasteiger partial charge in [0.2, 0.25) is 11.8 Å². The molecule has 2 atom stereocenters. The molecule has 2 aliphatic heterocycles.